The van der Waals surface area contributed by atoms with Gasteiger partial charge in [-0.25, -0.2) is 4.98 Å². The highest BCUT2D eigenvalue weighted by Gasteiger charge is 2.09. The number of nitrogens with zero attached hydrogens (tertiary/aromatic N) is 2. The van der Waals surface area contributed by atoms with Crippen LogP contribution in [0.2, 0.25) is 0 Å². The summed E-state index contributed by atoms with van der Waals surface area (Å²) in [5, 5.41) is 0. The number of H-pyrrole nitrogens is 1. The monoisotopic (exact) mass is 287 g/mol. The van der Waals surface area contributed by atoms with Crippen LogP contribution in [-0.4, -0.2) is 14.5 Å². The smallest absolute Gasteiger partial charge is 0.155 e. The predicted molar refractivity (Wildman–Crippen MR) is 89.8 cm³/mol. The molecule has 3 nitrogen and oxygen atoms in total. The fourth-order valence-corrected chi connectivity index (χ4v) is 2.73. The number of imidazole rings is 1. The van der Waals surface area contributed by atoms with Crippen LogP contribution in [0.1, 0.15) is 11.1 Å². The Balaban J connectivity index is 1.71. The number of rotatable bonds is 3. The first kappa shape index (κ1) is 12.9. The highest BCUT2D eigenvalue weighted by Crippen LogP contribution is 2.22. The van der Waals surface area contributed by atoms with Crippen LogP contribution in [-0.2, 0) is 6.54 Å². The van der Waals surface area contributed by atoms with Gasteiger partial charge in [0.25, 0.3) is 0 Å². The lowest BCUT2D eigenvalue weighted by Gasteiger charge is -2.08. The third-order valence-corrected chi connectivity index (χ3v) is 3.94. The Bertz CT molecular complexity index is 880. The maximum absolute atomic E-state index is 4.70. The summed E-state index contributed by atoms with van der Waals surface area (Å²) < 4.78 is 2.22. The molecule has 4 rings (SSSR count). The molecule has 0 amide bonds. The molecule has 0 aliphatic heterocycles. The molecule has 0 atom stereocenters. The topological polar surface area (TPSA) is 33.6 Å². The molecule has 0 aliphatic carbocycles. The second-order valence-electron chi connectivity index (χ2n) is 5.61. The second kappa shape index (κ2) is 5.19. The number of hydrogen-bond acceptors (Lipinski definition) is 1. The zero-order chi connectivity index (χ0) is 14.9. The van der Waals surface area contributed by atoms with Crippen LogP contribution in [0.5, 0.6) is 0 Å². The minimum atomic E-state index is 0.847. The van der Waals surface area contributed by atoms with Gasteiger partial charge in [-0.15, -0.1) is 0 Å². The molecular formula is C19H17N3. The van der Waals surface area contributed by atoms with Crippen LogP contribution >= 0.6 is 0 Å². The summed E-state index contributed by atoms with van der Waals surface area (Å²) in [5.41, 5.74) is 5.76. The summed E-state index contributed by atoms with van der Waals surface area (Å²) in [6.45, 7) is 2.96. The number of para-hydroxylation sites is 2. The van der Waals surface area contributed by atoms with Crippen LogP contribution < -0.4 is 0 Å². The Labute approximate surface area is 129 Å². The molecule has 0 saturated carbocycles. The number of benzene rings is 2. The Morgan fingerprint density at radius 3 is 2.59 bits per heavy atom. The third-order valence-electron chi connectivity index (χ3n) is 3.94. The van der Waals surface area contributed by atoms with Gasteiger partial charge in [-0.05, 0) is 36.8 Å². The van der Waals surface area contributed by atoms with Gasteiger partial charge in [-0.2, -0.15) is 0 Å². The van der Waals surface area contributed by atoms with Crippen molar-refractivity contribution in [1.29, 1.82) is 0 Å². The van der Waals surface area contributed by atoms with Gasteiger partial charge < -0.3 is 9.55 Å². The van der Waals surface area contributed by atoms with Gasteiger partial charge in [-0.1, -0.05) is 42.0 Å². The summed E-state index contributed by atoms with van der Waals surface area (Å²) in [4.78, 5) is 8.10. The van der Waals surface area contributed by atoms with Crippen LogP contribution in [0.15, 0.2) is 66.9 Å². The average Bonchev–Trinajstić information content (AvgIpc) is 3.15. The maximum Gasteiger partial charge on any atom is 0.155 e. The van der Waals surface area contributed by atoms with Gasteiger partial charge >= 0.3 is 0 Å². The fourth-order valence-electron chi connectivity index (χ4n) is 2.73. The first-order valence-electron chi connectivity index (χ1n) is 7.45. The third kappa shape index (κ3) is 2.31. The van der Waals surface area contributed by atoms with Crippen molar-refractivity contribution in [3.63, 3.8) is 0 Å². The normalized spacial score (nSPS) is 11.1. The minimum Gasteiger partial charge on any atom is -0.341 e. The van der Waals surface area contributed by atoms with Crippen LogP contribution in [0.3, 0.4) is 0 Å². The molecule has 0 saturated heterocycles. The lowest BCUT2D eigenvalue weighted by atomic mass is 10.1. The van der Waals surface area contributed by atoms with E-state index in [1.54, 1.807) is 0 Å². The Hall–Kier alpha value is -2.81. The molecule has 0 bridgehead atoms. The quantitative estimate of drug-likeness (QED) is 0.595. The molecule has 3 heteroatoms. The van der Waals surface area contributed by atoms with E-state index in [0.29, 0.717) is 0 Å². The Morgan fingerprint density at radius 2 is 1.77 bits per heavy atom. The van der Waals surface area contributed by atoms with Crippen molar-refractivity contribution < 1.29 is 0 Å². The minimum absolute atomic E-state index is 0.847. The molecule has 2 aromatic carbocycles. The fraction of sp³-hybridized carbons (Fsp3) is 0.105. The van der Waals surface area contributed by atoms with E-state index >= 15 is 0 Å². The number of nitrogens with one attached hydrogen (secondary N) is 1. The van der Waals surface area contributed by atoms with E-state index in [9.17, 15) is 0 Å². The molecule has 0 aliphatic rings. The standard InChI is InChI=1S/C19H17N3/c1-14-8-10-15(11-9-14)13-22-12-4-7-18(22)19-20-16-5-2-3-6-17(16)21-19/h2-12H,13H2,1H3,(H,20,21). The zero-order valence-electron chi connectivity index (χ0n) is 12.5. The summed E-state index contributed by atoms with van der Waals surface area (Å²) in [7, 11) is 0. The highest BCUT2D eigenvalue weighted by atomic mass is 15.0. The Kier molecular flexibility index (Phi) is 3.04. The van der Waals surface area contributed by atoms with Crippen molar-refractivity contribution in [3.8, 4) is 11.5 Å². The van der Waals surface area contributed by atoms with E-state index < -0.39 is 0 Å². The van der Waals surface area contributed by atoms with Gasteiger partial charge in [-0.3, -0.25) is 0 Å². The number of aromatic amines is 1. The van der Waals surface area contributed by atoms with Crippen molar-refractivity contribution in [2.24, 2.45) is 0 Å². The van der Waals surface area contributed by atoms with Gasteiger partial charge in [0, 0.05) is 12.7 Å². The van der Waals surface area contributed by atoms with Crippen molar-refractivity contribution in [2.75, 3.05) is 0 Å². The average molecular weight is 287 g/mol. The lowest BCUT2D eigenvalue weighted by molar-refractivity contribution is 0.809. The van der Waals surface area contributed by atoms with Crippen molar-refractivity contribution in [2.45, 2.75) is 13.5 Å². The number of hydrogen-bond donors (Lipinski definition) is 1. The van der Waals surface area contributed by atoms with E-state index in [1.807, 2.05) is 18.2 Å². The number of fused-ring (bicyclic) bond motifs is 1. The summed E-state index contributed by atoms with van der Waals surface area (Å²) >= 11 is 0. The van der Waals surface area contributed by atoms with Crippen molar-refractivity contribution in [1.82, 2.24) is 14.5 Å². The van der Waals surface area contributed by atoms with E-state index in [2.05, 4.69) is 65.1 Å². The zero-order valence-corrected chi connectivity index (χ0v) is 12.5. The van der Waals surface area contributed by atoms with Gasteiger partial charge in [0.1, 0.15) is 0 Å². The second-order valence-corrected chi connectivity index (χ2v) is 5.61. The van der Waals surface area contributed by atoms with Crippen LogP contribution in [0.25, 0.3) is 22.6 Å². The summed E-state index contributed by atoms with van der Waals surface area (Å²) in [5.74, 6) is 0.915. The SMILES string of the molecule is Cc1ccc(Cn2cccc2-c2nc3ccccc3[nH]2)cc1. The van der Waals surface area contributed by atoms with E-state index in [-0.39, 0.29) is 0 Å². The first-order valence-corrected chi connectivity index (χ1v) is 7.45. The van der Waals surface area contributed by atoms with Gasteiger partial charge in [0.15, 0.2) is 5.82 Å². The summed E-state index contributed by atoms with van der Waals surface area (Å²) in [6.07, 6.45) is 2.10. The number of aromatic nitrogens is 3. The van der Waals surface area contributed by atoms with Crippen molar-refractivity contribution in [3.05, 3.63) is 78.0 Å². The van der Waals surface area contributed by atoms with E-state index in [1.165, 1.54) is 11.1 Å². The molecule has 1 N–H and O–H groups in total. The van der Waals surface area contributed by atoms with Crippen LogP contribution in [0, 0.1) is 6.92 Å². The van der Waals surface area contributed by atoms with E-state index in [0.717, 1.165) is 29.1 Å². The summed E-state index contributed by atoms with van der Waals surface area (Å²) in [6, 6.07) is 21.0. The molecular weight excluding hydrogens is 270 g/mol. The van der Waals surface area contributed by atoms with Gasteiger partial charge in [0.2, 0.25) is 0 Å². The molecule has 2 heterocycles. The molecule has 4 aromatic rings. The lowest BCUT2D eigenvalue weighted by Crippen LogP contribution is -2.01. The maximum atomic E-state index is 4.70. The van der Waals surface area contributed by atoms with Gasteiger partial charge in [0.05, 0.1) is 16.7 Å². The molecule has 0 unspecified atom stereocenters. The Morgan fingerprint density at radius 1 is 0.955 bits per heavy atom. The van der Waals surface area contributed by atoms with Crippen molar-refractivity contribution >= 4 is 11.0 Å². The molecule has 0 radical (unpaired) electrons. The predicted octanol–water partition coefficient (Wildman–Crippen LogP) is 4.39. The molecule has 0 fully saturated rings. The largest absolute Gasteiger partial charge is 0.341 e. The van der Waals surface area contributed by atoms with E-state index in [4.69, 9.17) is 4.98 Å². The molecule has 22 heavy (non-hydrogen) atoms. The number of aryl methyl sites for hydroxylation is 1. The molecule has 108 valence electrons. The first-order chi connectivity index (χ1) is 10.8. The van der Waals surface area contributed by atoms with Crippen LogP contribution in [0.4, 0.5) is 0 Å². The molecule has 2 aromatic heterocycles. The molecule has 0 spiro atoms. The highest BCUT2D eigenvalue weighted by molar-refractivity contribution is 5.78.